The van der Waals surface area contributed by atoms with E-state index >= 15 is 0 Å². The van der Waals surface area contributed by atoms with Crippen molar-refractivity contribution in [2.24, 2.45) is 0 Å². The van der Waals surface area contributed by atoms with Crippen LogP contribution in [0.25, 0.3) is 0 Å². The van der Waals surface area contributed by atoms with Crippen LogP contribution in [0.5, 0.6) is 0 Å². The molecule has 16 heavy (non-hydrogen) atoms. The van der Waals surface area contributed by atoms with Gasteiger partial charge in [0.2, 0.25) is 0 Å². The zero-order valence-electron chi connectivity index (χ0n) is 8.68. The van der Waals surface area contributed by atoms with Gasteiger partial charge in [0, 0.05) is 11.1 Å². The van der Waals surface area contributed by atoms with Gasteiger partial charge in [-0.05, 0) is 30.2 Å². The number of rotatable bonds is 5. The van der Waals surface area contributed by atoms with Crippen molar-refractivity contribution in [3.05, 3.63) is 60.2 Å². The van der Waals surface area contributed by atoms with Gasteiger partial charge in [0.05, 0.1) is 11.6 Å². The molecule has 0 unspecified atom stereocenters. The van der Waals surface area contributed by atoms with Gasteiger partial charge >= 0.3 is 0 Å². The van der Waals surface area contributed by atoms with E-state index in [0.717, 1.165) is 4.91 Å². The Bertz CT molecular complexity index is 458. The predicted octanol–water partition coefficient (Wildman–Crippen LogP) is 3.27. The number of aromatic nitrogens is 1. The average molecular weight is 229 g/mol. The molecule has 0 radical (unpaired) electrons. The Morgan fingerprint density at radius 2 is 2.38 bits per heavy atom. The molecule has 0 bridgehead atoms. The molecule has 1 heterocycles. The highest BCUT2D eigenvalue weighted by Gasteiger charge is 1.97. The Balaban J connectivity index is 2.67. The van der Waals surface area contributed by atoms with E-state index in [-0.39, 0.29) is 0 Å². The molecule has 0 aliphatic heterocycles. The van der Waals surface area contributed by atoms with Crippen molar-refractivity contribution in [3.63, 3.8) is 0 Å². The van der Waals surface area contributed by atoms with Gasteiger partial charge in [-0.2, -0.15) is 5.26 Å². The minimum atomic E-state index is 0.575. The first-order chi connectivity index (χ1) is 7.80. The quantitative estimate of drug-likeness (QED) is 0.622. The van der Waals surface area contributed by atoms with Gasteiger partial charge in [-0.1, -0.05) is 25.3 Å². The van der Waals surface area contributed by atoms with E-state index in [1.807, 2.05) is 6.08 Å². The van der Waals surface area contributed by atoms with Gasteiger partial charge in [-0.3, -0.25) is 0 Å². The van der Waals surface area contributed by atoms with Crippen molar-refractivity contribution in [3.8, 4) is 6.07 Å². The van der Waals surface area contributed by atoms with E-state index in [2.05, 4.69) is 28.9 Å². The molecule has 1 aromatic rings. The highest BCUT2D eigenvalue weighted by Crippen LogP contribution is 2.19. The van der Waals surface area contributed by atoms with E-state index in [4.69, 9.17) is 5.26 Å². The van der Waals surface area contributed by atoms with E-state index in [1.165, 1.54) is 11.9 Å². The highest BCUT2D eigenvalue weighted by molar-refractivity contribution is 8.04. The maximum absolute atomic E-state index is 8.72. The van der Waals surface area contributed by atoms with Crippen LogP contribution in [0.3, 0.4) is 0 Å². The lowest BCUT2D eigenvalue weighted by Crippen LogP contribution is -1.91. The fourth-order valence-corrected chi connectivity index (χ4v) is 1.51. The van der Waals surface area contributed by atoms with Crippen molar-refractivity contribution in [1.29, 1.82) is 5.26 Å². The molecule has 0 spiro atoms. The minimum Gasteiger partial charge on any atom is -0.310 e. The Kier molecular flexibility index (Phi) is 4.90. The second-order valence-corrected chi connectivity index (χ2v) is 3.63. The summed E-state index contributed by atoms with van der Waals surface area (Å²) >= 11 is 1.37. The average Bonchev–Trinajstić information content (AvgIpc) is 2.34. The molecule has 1 rings (SSSR count). The maximum Gasteiger partial charge on any atom is 0.137 e. The van der Waals surface area contributed by atoms with Crippen LogP contribution in [0.15, 0.2) is 54.6 Å². The van der Waals surface area contributed by atoms with Crippen LogP contribution in [0.4, 0.5) is 5.82 Å². The zero-order valence-corrected chi connectivity index (χ0v) is 9.50. The Labute approximate surface area is 99.3 Å². The molecular formula is C12H11N3S. The van der Waals surface area contributed by atoms with Crippen molar-refractivity contribution in [2.45, 2.75) is 0 Å². The molecule has 0 saturated heterocycles. The number of hydrogen-bond donors (Lipinski definition) is 1. The molecular weight excluding hydrogens is 218 g/mol. The number of nitrogens with one attached hydrogen (secondary N) is 1. The molecule has 0 fully saturated rings. The Morgan fingerprint density at radius 3 is 3.00 bits per heavy atom. The molecule has 0 atom stereocenters. The first-order valence-corrected chi connectivity index (χ1v) is 5.36. The lowest BCUT2D eigenvalue weighted by molar-refractivity contribution is 1.32. The number of nitrogens with zero attached hydrogens (tertiary/aromatic N) is 2. The first kappa shape index (κ1) is 12.1. The molecule has 1 N–H and O–H groups in total. The van der Waals surface area contributed by atoms with Gasteiger partial charge in [-0.25, -0.2) is 4.98 Å². The van der Waals surface area contributed by atoms with Crippen LogP contribution in [0.1, 0.15) is 5.56 Å². The van der Waals surface area contributed by atoms with Crippen LogP contribution in [0.2, 0.25) is 0 Å². The normalized spacial score (nSPS) is 10.3. The summed E-state index contributed by atoms with van der Waals surface area (Å²) in [5.74, 6) is 0.640. The second kappa shape index (κ2) is 6.49. The number of hydrogen-bond acceptors (Lipinski definition) is 4. The van der Waals surface area contributed by atoms with Crippen LogP contribution in [0, 0.1) is 11.3 Å². The fraction of sp³-hybridized carbons (Fsp3) is 0. The van der Waals surface area contributed by atoms with Gasteiger partial charge in [0.1, 0.15) is 5.82 Å². The summed E-state index contributed by atoms with van der Waals surface area (Å²) in [5.41, 5.74) is 0.575. The van der Waals surface area contributed by atoms with Crippen LogP contribution < -0.4 is 4.72 Å². The third-order valence-corrected chi connectivity index (χ3v) is 2.50. The van der Waals surface area contributed by atoms with Gasteiger partial charge < -0.3 is 4.72 Å². The van der Waals surface area contributed by atoms with E-state index < -0.39 is 0 Å². The Hall–Kier alpha value is -1.99. The Morgan fingerprint density at radius 1 is 1.56 bits per heavy atom. The van der Waals surface area contributed by atoms with Crippen LogP contribution in [-0.4, -0.2) is 4.98 Å². The number of allylic oxidation sites excluding steroid dienone is 3. The molecule has 0 aliphatic carbocycles. The predicted molar refractivity (Wildman–Crippen MR) is 68.6 cm³/mol. The van der Waals surface area contributed by atoms with Crippen LogP contribution in [-0.2, 0) is 0 Å². The summed E-state index contributed by atoms with van der Waals surface area (Å²) in [6.07, 6.45) is 6.82. The largest absolute Gasteiger partial charge is 0.310 e. The van der Waals surface area contributed by atoms with Gasteiger partial charge in [0.25, 0.3) is 0 Å². The third kappa shape index (κ3) is 3.64. The molecule has 0 aromatic carbocycles. The van der Waals surface area contributed by atoms with Gasteiger partial charge in [-0.15, -0.1) is 0 Å². The van der Waals surface area contributed by atoms with Crippen molar-refractivity contribution in [1.82, 2.24) is 4.98 Å². The topological polar surface area (TPSA) is 48.7 Å². The summed E-state index contributed by atoms with van der Waals surface area (Å²) in [6, 6.07) is 5.39. The summed E-state index contributed by atoms with van der Waals surface area (Å²) in [6.45, 7) is 7.28. The van der Waals surface area contributed by atoms with Gasteiger partial charge in [0.15, 0.2) is 0 Å². The summed E-state index contributed by atoms with van der Waals surface area (Å²) in [5, 5.41) is 8.72. The first-order valence-electron chi connectivity index (χ1n) is 4.54. The minimum absolute atomic E-state index is 0.575. The molecule has 80 valence electrons. The molecule has 0 amide bonds. The fourth-order valence-electron chi connectivity index (χ4n) is 0.927. The van der Waals surface area contributed by atoms with E-state index in [1.54, 1.807) is 30.5 Å². The summed E-state index contributed by atoms with van der Waals surface area (Å²) < 4.78 is 3.02. The van der Waals surface area contributed by atoms with Crippen molar-refractivity contribution < 1.29 is 0 Å². The standard InChI is InChI=1S/C12H11N3S/c1-3-5-11(4-2)16-15-12-8-10(9-13)6-7-14-12/h3-8H,1-2H2,(H,14,15)/b11-5+. The lowest BCUT2D eigenvalue weighted by Gasteiger charge is -2.04. The number of nitriles is 1. The maximum atomic E-state index is 8.72. The smallest absolute Gasteiger partial charge is 0.137 e. The molecule has 1 aromatic heterocycles. The lowest BCUT2D eigenvalue weighted by atomic mass is 10.3. The van der Waals surface area contributed by atoms with Crippen molar-refractivity contribution >= 4 is 17.8 Å². The molecule has 0 aliphatic rings. The number of anilines is 1. The van der Waals surface area contributed by atoms with Crippen LogP contribution >= 0.6 is 11.9 Å². The summed E-state index contributed by atoms with van der Waals surface area (Å²) in [4.78, 5) is 5.01. The van der Waals surface area contributed by atoms with E-state index in [9.17, 15) is 0 Å². The third-order valence-electron chi connectivity index (χ3n) is 1.65. The van der Waals surface area contributed by atoms with Crippen molar-refractivity contribution in [2.75, 3.05) is 4.72 Å². The molecule has 4 heteroatoms. The zero-order chi connectivity index (χ0) is 11.8. The second-order valence-electron chi connectivity index (χ2n) is 2.75. The number of pyridine rings is 1. The summed E-state index contributed by atoms with van der Waals surface area (Å²) in [7, 11) is 0. The monoisotopic (exact) mass is 229 g/mol. The SMILES string of the molecule is C=C/C=C(\C=C)SNc1cc(C#N)ccn1. The highest BCUT2D eigenvalue weighted by atomic mass is 32.2. The molecule has 3 nitrogen and oxygen atoms in total. The van der Waals surface area contributed by atoms with E-state index in [0.29, 0.717) is 11.4 Å². The molecule has 0 saturated carbocycles.